The lowest BCUT2D eigenvalue weighted by atomic mass is 9.94. The summed E-state index contributed by atoms with van der Waals surface area (Å²) in [6.07, 6.45) is 3.71. The molecule has 1 aromatic carbocycles. The van der Waals surface area contributed by atoms with Gasteiger partial charge in [0.25, 0.3) is 5.91 Å². The summed E-state index contributed by atoms with van der Waals surface area (Å²) in [6, 6.07) is 7.32. The number of hydrogen-bond donors (Lipinski definition) is 1. The predicted octanol–water partition coefficient (Wildman–Crippen LogP) is 2.70. The topological polar surface area (TPSA) is 50.8 Å². The Balaban J connectivity index is 1.74. The minimum atomic E-state index is -0.448. The zero-order valence-corrected chi connectivity index (χ0v) is 15.1. The van der Waals surface area contributed by atoms with Gasteiger partial charge in [0.05, 0.1) is 7.11 Å². The maximum atomic E-state index is 12.3. The summed E-state index contributed by atoms with van der Waals surface area (Å²) in [5.74, 6) is 2.16. The van der Waals surface area contributed by atoms with Crippen molar-refractivity contribution in [3.63, 3.8) is 0 Å². The van der Waals surface area contributed by atoms with E-state index in [1.54, 1.807) is 7.11 Å². The normalized spacial score (nSPS) is 17.3. The minimum Gasteiger partial charge on any atom is -0.497 e. The highest BCUT2D eigenvalue weighted by Gasteiger charge is 2.20. The van der Waals surface area contributed by atoms with Crippen molar-refractivity contribution < 1.29 is 14.3 Å². The summed E-state index contributed by atoms with van der Waals surface area (Å²) < 4.78 is 10.9. The number of hydrogen-bond acceptors (Lipinski definition) is 4. The number of carbonyl (C=O) groups excluding carboxylic acids is 1. The second-order valence-corrected chi connectivity index (χ2v) is 6.52. The number of likely N-dealkylation sites (tertiary alicyclic amines) is 1. The van der Waals surface area contributed by atoms with Gasteiger partial charge < -0.3 is 19.7 Å². The van der Waals surface area contributed by atoms with Crippen LogP contribution in [0, 0.1) is 5.92 Å². The van der Waals surface area contributed by atoms with Gasteiger partial charge in [-0.3, -0.25) is 4.79 Å². The van der Waals surface area contributed by atoms with Gasteiger partial charge in [0.1, 0.15) is 11.5 Å². The van der Waals surface area contributed by atoms with Crippen LogP contribution in [0.25, 0.3) is 0 Å². The van der Waals surface area contributed by atoms with E-state index >= 15 is 0 Å². The van der Waals surface area contributed by atoms with E-state index in [9.17, 15) is 4.79 Å². The summed E-state index contributed by atoms with van der Waals surface area (Å²) in [5.41, 5.74) is 0. The third-order valence-electron chi connectivity index (χ3n) is 4.69. The fraction of sp³-hybridized carbons (Fsp3) is 0.632. The first-order valence-electron chi connectivity index (χ1n) is 8.89. The smallest absolute Gasteiger partial charge is 0.261 e. The van der Waals surface area contributed by atoms with E-state index in [1.165, 1.54) is 12.8 Å². The molecule has 5 nitrogen and oxygen atoms in total. The summed E-state index contributed by atoms with van der Waals surface area (Å²) in [5, 5.41) is 3.03. The Morgan fingerprint density at radius 2 is 1.88 bits per heavy atom. The van der Waals surface area contributed by atoms with Crippen LogP contribution in [-0.4, -0.2) is 50.7 Å². The highest BCUT2D eigenvalue weighted by Crippen LogP contribution is 2.20. The largest absolute Gasteiger partial charge is 0.497 e. The molecule has 1 aromatic rings. The van der Waals surface area contributed by atoms with Gasteiger partial charge in [-0.15, -0.1) is 0 Å². The minimum absolute atomic E-state index is 0.0266. The van der Waals surface area contributed by atoms with Crippen LogP contribution < -0.4 is 14.8 Å². The molecule has 134 valence electrons. The third-order valence-corrected chi connectivity index (χ3v) is 4.69. The summed E-state index contributed by atoms with van der Waals surface area (Å²) in [6.45, 7) is 5.02. The van der Waals surface area contributed by atoms with Crippen LogP contribution in [0.3, 0.4) is 0 Å². The van der Waals surface area contributed by atoms with Crippen LogP contribution in [-0.2, 0) is 4.79 Å². The van der Waals surface area contributed by atoms with Gasteiger partial charge in [-0.1, -0.05) is 6.92 Å². The molecule has 1 saturated heterocycles. The Morgan fingerprint density at radius 3 is 2.46 bits per heavy atom. The van der Waals surface area contributed by atoms with Crippen molar-refractivity contribution in [2.45, 2.75) is 38.7 Å². The van der Waals surface area contributed by atoms with E-state index in [4.69, 9.17) is 9.47 Å². The molecule has 24 heavy (non-hydrogen) atoms. The molecule has 1 aliphatic heterocycles. The fourth-order valence-corrected chi connectivity index (χ4v) is 3.00. The lowest BCUT2D eigenvalue weighted by molar-refractivity contribution is -0.128. The number of nitrogens with one attached hydrogen (secondary N) is 1. The molecule has 1 heterocycles. The van der Waals surface area contributed by atoms with Gasteiger partial charge in [-0.05, 0) is 76.0 Å². The lowest BCUT2D eigenvalue weighted by Gasteiger charge is -2.29. The van der Waals surface area contributed by atoms with E-state index < -0.39 is 6.10 Å². The fourth-order valence-electron chi connectivity index (χ4n) is 3.00. The number of carbonyl (C=O) groups is 1. The maximum Gasteiger partial charge on any atom is 0.261 e. The standard InChI is InChI=1S/C19H30N2O3/c1-4-18(24-17-7-5-16(23-3)6-8-17)19(22)20-12-9-15-10-13-21(2)14-11-15/h5-8,15,18H,4,9-14H2,1-3H3,(H,20,22)/t18-/m0/s1. The average molecular weight is 334 g/mol. The molecule has 1 aliphatic rings. The molecular formula is C19H30N2O3. The van der Waals surface area contributed by atoms with Crippen LogP contribution >= 0.6 is 0 Å². The number of amides is 1. The first-order valence-corrected chi connectivity index (χ1v) is 8.89. The molecule has 1 fully saturated rings. The van der Waals surface area contributed by atoms with Crippen LogP contribution in [0.1, 0.15) is 32.6 Å². The van der Waals surface area contributed by atoms with Gasteiger partial charge in [0, 0.05) is 6.54 Å². The van der Waals surface area contributed by atoms with Crippen molar-refractivity contribution in [2.75, 3.05) is 33.8 Å². The second kappa shape index (κ2) is 9.52. The first-order chi connectivity index (χ1) is 11.6. The van der Waals surface area contributed by atoms with Gasteiger partial charge in [-0.2, -0.15) is 0 Å². The summed E-state index contributed by atoms with van der Waals surface area (Å²) in [4.78, 5) is 14.7. The Morgan fingerprint density at radius 1 is 1.25 bits per heavy atom. The second-order valence-electron chi connectivity index (χ2n) is 6.52. The molecule has 1 amide bonds. The number of piperidine rings is 1. The average Bonchev–Trinajstić information content (AvgIpc) is 2.61. The Labute approximate surface area is 145 Å². The molecule has 0 aliphatic carbocycles. The van der Waals surface area contributed by atoms with Crippen molar-refractivity contribution in [3.05, 3.63) is 24.3 Å². The van der Waals surface area contributed by atoms with Crippen molar-refractivity contribution in [2.24, 2.45) is 5.92 Å². The monoisotopic (exact) mass is 334 g/mol. The Kier molecular flexibility index (Phi) is 7.37. The molecule has 1 atom stereocenters. The number of ether oxygens (including phenoxy) is 2. The molecule has 0 radical (unpaired) electrons. The highest BCUT2D eigenvalue weighted by atomic mass is 16.5. The van der Waals surface area contributed by atoms with E-state index in [-0.39, 0.29) is 5.91 Å². The molecule has 0 saturated carbocycles. The number of nitrogens with zero attached hydrogens (tertiary/aromatic N) is 1. The van der Waals surface area contributed by atoms with Crippen molar-refractivity contribution >= 4 is 5.91 Å². The lowest BCUT2D eigenvalue weighted by Crippen LogP contribution is -2.39. The maximum absolute atomic E-state index is 12.3. The molecule has 0 spiro atoms. The molecular weight excluding hydrogens is 304 g/mol. The van der Waals surface area contributed by atoms with Gasteiger partial charge in [-0.25, -0.2) is 0 Å². The SMILES string of the molecule is CC[C@H](Oc1ccc(OC)cc1)C(=O)NCCC1CCN(C)CC1. The molecule has 0 unspecified atom stereocenters. The van der Waals surface area contributed by atoms with E-state index in [1.807, 2.05) is 31.2 Å². The summed E-state index contributed by atoms with van der Waals surface area (Å²) >= 11 is 0. The number of methoxy groups -OCH3 is 1. The van der Waals surface area contributed by atoms with Crippen molar-refractivity contribution in [1.82, 2.24) is 10.2 Å². The van der Waals surface area contributed by atoms with Crippen LogP contribution in [0.15, 0.2) is 24.3 Å². The highest BCUT2D eigenvalue weighted by molar-refractivity contribution is 5.81. The molecule has 0 bridgehead atoms. The van der Waals surface area contributed by atoms with Crippen molar-refractivity contribution in [3.8, 4) is 11.5 Å². The van der Waals surface area contributed by atoms with E-state index in [0.29, 0.717) is 12.2 Å². The zero-order chi connectivity index (χ0) is 17.4. The Hall–Kier alpha value is -1.75. The van der Waals surface area contributed by atoms with Crippen LogP contribution in [0.4, 0.5) is 0 Å². The van der Waals surface area contributed by atoms with E-state index in [0.717, 1.165) is 37.7 Å². The van der Waals surface area contributed by atoms with Gasteiger partial charge in [0.2, 0.25) is 0 Å². The Bertz CT molecular complexity index is 496. The van der Waals surface area contributed by atoms with Crippen LogP contribution in [0.5, 0.6) is 11.5 Å². The number of rotatable bonds is 8. The summed E-state index contributed by atoms with van der Waals surface area (Å²) in [7, 11) is 3.79. The molecule has 5 heteroatoms. The molecule has 2 rings (SSSR count). The third kappa shape index (κ3) is 5.71. The molecule has 1 N–H and O–H groups in total. The first kappa shape index (κ1) is 18.6. The molecule has 0 aromatic heterocycles. The van der Waals surface area contributed by atoms with Crippen molar-refractivity contribution in [1.29, 1.82) is 0 Å². The predicted molar refractivity (Wildman–Crippen MR) is 95.5 cm³/mol. The zero-order valence-electron chi connectivity index (χ0n) is 15.1. The van der Waals surface area contributed by atoms with Gasteiger partial charge in [0.15, 0.2) is 6.10 Å². The number of benzene rings is 1. The van der Waals surface area contributed by atoms with E-state index in [2.05, 4.69) is 17.3 Å². The quantitative estimate of drug-likeness (QED) is 0.794. The van der Waals surface area contributed by atoms with Gasteiger partial charge >= 0.3 is 0 Å². The van der Waals surface area contributed by atoms with Crippen LogP contribution in [0.2, 0.25) is 0 Å².